The molecule has 0 aromatic carbocycles. The standard InChI is InChI=1S/C12H15N3S3/c1-2-16-6-9-15-10(7-3-4-7)11(18-9)8-5-17-12(13)14-8/h5,7H,2-4,6H2,1H3,(H2,13,14). The van der Waals surface area contributed by atoms with E-state index in [1.54, 1.807) is 11.3 Å². The second-order valence-electron chi connectivity index (χ2n) is 4.30. The Kier molecular flexibility index (Phi) is 3.59. The average molecular weight is 297 g/mol. The van der Waals surface area contributed by atoms with E-state index in [2.05, 4.69) is 11.9 Å². The topological polar surface area (TPSA) is 51.8 Å². The number of hydrogen-bond donors (Lipinski definition) is 1. The SMILES string of the molecule is CCSCc1nc(C2CC2)c(-c2csc(N)n2)s1. The van der Waals surface area contributed by atoms with Gasteiger partial charge < -0.3 is 5.73 Å². The lowest BCUT2D eigenvalue weighted by Gasteiger charge is -1.95. The van der Waals surface area contributed by atoms with Gasteiger partial charge in [0.1, 0.15) is 5.01 Å². The van der Waals surface area contributed by atoms with Gasteiger partial charge in [-0.2, -0.15) is 11.8 Å². The molecule has 2 heterocycles. The van der Waals surface area contributed by atoms with E-state index in [1.807, 2.05) is 17.1 Å². The molecule has 0 unspecified atom stereocenters. The number of nitrogen functional groups attached to an aromatic ring is 1. The van der Waals surface area contributed by atoms with Gasteiger partial charge in [-0.15, -0.1) is 22.7 Å². The molecule has 2 aromatic heterocycles. The van der Waals surface area contributed by atoms with Crippen LogP contribution in [-0.4, -0.2) is 15.7 Å². The van der Waals surface area contributed by atoms with Crippen LogP contribution in [0.25, 0.3) is 10.6 Å². The summed E-state index contributed by atoms with van der Waals surface area (Å²) in [6.07, 6.45) is 2.55. The van der Waals surface area contributed by atoms with Crippen molar-refractivity contribution in [1.82, 2.24) is 9.97 Å². The van der Waals surface area contributed by atoms with Crippen molar-refractivity contribution in [3.05, 3.63) is 16.1 Å². The molecule has 18 heavy (non-hydrogen) atoms. The lowest BCUT2D eigenvalue weighted by molar-refractivity contribution is 1.03. The first kappa shape index (κ1) is 12.4. The largest absolute Gasteiger partial charge is 0.375 e. The minimum Gasteiger partial charge on any atom is -0.375 e. The third-order valence-electron chi connectivity index (χ3n) is 2.85. The summed E-state index contributed by atoms with van der Waals surface area (Å²) >= 11 is 5.22. The van der Waals surface area contributed by atoms with Crippen LogP contribution >= 0.6 is 34.4 Å². The number of hydrogen-bond acceptors (Lipinski definition) is 6. The Balaban J connectivity index is 1.93. The third kappa shape index (κ3) is 2.55. The molecule has 0 spiro atoms. The van der Waals surface area contributed by atoms with Crippen LogP contribution < -0.4 is 5.73 Å². The maximum atomic E-state index is 5.73. The summed E-state index contributed by atoms with van der Waals surface area (Å²) in [5.74, 6) is 2.82. The van der Waals surface area contributed by atoms with Gasteiger partial charge in [-0.1, -0.05) is 6.92 Å². The summed E-state index contributed by atoms with van der Waals surface area (Å²) in [5, 5.41) is 3.92. The lowest BCUT2D eigenvalue weighted by atomic mass is 10.2. The van der Waals surface area contributed by atoms with Gasteiger partial charge in [0.05, 0.1) is 16.3 Å². The number of rotatable bonds is 5. The number of nitrogens with zero attached hydrogens (tertiary/aromatic N) is 2. The van der Waals surface area contributed by atoms with Gasteiger partial charge in [0.15, 0.2) is 5.13 Å². The predicted molar refractivity (Wildman–Crippen MR) is 81.4 cm³/mol. The zero-order chi connectivity index (χ0) is 12.5. The Bertz CT molecular complexity index is 543. The molecule has 2 N–H and O–H groups in total. The number of anilines is 1. The molecule has 0 aliphatic heterocycles. The predicted octanol–water partition coefficient (Wildman–Crippen LogP) is 3.98. The monoisotopic (exact) mass is 297 g/mol. The van der Waals surface area contributed by atoms with E-state index in [9.17, 15) is 0 Å². The molecule has 0 radical (unpaired) electrons. The molecule has 6 heteroatoms. The molecule has 1 saturated carbocycles. The maximum Gasteiger partial charge on any atom is 0.180 e. The molecule has 0 saturated heterocycles. The molecule has 96 valence electrons. The molecule has 3 nitrogen and oxygen atoms in total. The van der Waals surface area contributed by atoms with Crippen molar-refractivity contribution in [1.29, 1.82) is 0 Å². The van der Waals surface area contributed by atoms with Gasteiger partial charge in [0.25, 0.3) is 0 Å². The Morgan fingerprint density at radius 2 is 2.28 bits per heavy atom. The van der Waals surface area contributed by atoms with E-state index in [0.717, 1.165) is 17.2 Å². The second-order valence-corrected chi connectivity index (χ2v) is 7.55. The summed E-state index contributed by atoms with van der Waals surface area (Å²) in [4.78, 5) is 10.5. The normalized spacial score (nSPS) is 15.2. The maximum absolute atomic E-state index is 5.73. The smallest absolute Gasteiger partial charge is 0.180 e. The number of aromatic nitrogens is 2. The summed E-state index contributed by atoms with van der Waals surface area (Å²) in [6.45, 7) is 2.18. The van der Waals surface area contributed by atoms with Crippen molar-refractivity contribution in [2.75, 3.05) is 11.5 Å². The summed E-state index contributed by atoms with van der Waals surface area (Å²) in [5.41, 5.74) is 8.01. The van der Waals surface area contributed by atoms with Gasteiger partial charge in [0.2, 0.25) is 0 Å². The van der Waals surface area contributed by atoms with Crippen molar-refractivity contribution >= 4 is 39.6 Å². The number of thioether (sulfide) groups is 1. The fraction of sp³-hybridized carbons (Fsp3) is 0.500. The van der Waals surface area contributed by atoms with Crippen LogP contribution in [0.5, 0.6) is 0 Å². The summed E-state index contributed by atoms with van der Waals surface area (Å²) in [6, 6.07) is 0. The fourth-order valence-corrected chi connectivity index (χ4v) is 4.30. The minimum absolute atomic E-state index is 0.643. The highest BCUT2D eigenvalue weighted by molar-refractivity contribution is 7.98. The highest BCUT2D eigenvalue weighted by Crippen LogP contribution is 2.46. The highest BCUT2D eigenvalue weighted by atomic mass is 32.2. The van der Waals surface area contributed by atoms with Gasteiger partial charge in [-0.3, -0.25) is 0 Å². The molecule has 0 bridgehead atoms. The van der Waals surface area contributed by atoms with Crippen LogP contribution in [-0.2, 0) is 5.75 Å². The molecule has 3 rings (SSSR count). The van der Waals surface area contributed by atoms with Crippen LogP contribution in [0.1, 0.15) is 36.4 Å². The molecule has 1 fully saturated rings. The van der Waals surface area contributed by atoms with E-state index in [1.165, 1.54) is 39.8 Å². The van der Waals surface area contributed by atoms with Crippen LogP contribution in [0.15, 0.2) is 5.38 Å². The first-order chi connectivity index (χ1) is 8.78. The molecular weight excluding hydrogens is 282 g/mol. The number of nitrogens with two attached hydrogens (primary N) is 1. The molecule has 1 aliphatic carbocycles. The van der Waals surface area contributed by atoms with Gasteiger partial charge in [-0.25, -0.2) is 9.97 Å². The quantitative estimate of drug-likeness (QED) is 0.907. The van der Waals surface area contributed by atoms with Crippen molar-refractivity contribution < 1.29 is 0 Å². The zero-order valence-electron chi connectivity index (χ0n) is 10.2. The first-order valence-electron chi connectivity index (χ1n) is 6.06. The Labute approximate surface area is 119 Å². The molecule has 0 atom stereocenters. The van der Waals surface area contributed by atoms with E-state index in [0.29, 0.717) is 11.0 Å². The average Bonchev–Trinajstić information content (AvgIpc) is 2.98. The van der Waals surface area contributed by atoms with Crippen LogP contribution in [0.4, 0.5) is 5.13 Å². The lowest BCUT2D eigenvalue weighted by Crippen LogP contribution is -1.86. The third-order valence-corrected chi connectivity index (χ3v) is 5.68. The van der Waals surface area contributed by atoms with Gasteiger partial charge in [0, 0.05) is 17.1 Å². The van der Waals surface area contributed by atoms with Crippen LogP contribution in [0.2, 0.25) is 0 Å². The van der Waals surface area contributed by atoms with E-state index >= 15 is 0 Å². The minimum atomic E-state index is 0.643. The Morgan fingerprint density at radius 1 is 1.44 bits per heavy atom. The molecule has 2 aromatic rings. The molecular formula is C12H15N3S3. The van der Waals surface area contributed by atoms with Crippen molar-refractivity contribution in [2.24, 2.45) is 0 Å². The summed E-state index contributed by atoms with van der Waals surface area (Å²) in [7, 11) is 0. The number of thiazole rings is 2. The zero-order valence-corrected chi connectivity index (χ0v) is 12.6. The van der Waals surface area contributed by atoms with E-state index in [4.69, 9.17) is 10.7 Å². The Morgan fingerprint density at radius 3 is 2.89 bits per heavy atom. The fourth-order valence-electron chi connectivity index (χ4n) is 1.84. The summed E-state index contributed by atoms with van der Waals surface area (Å²) < 4.78 is 0. The van der Waals surface area contributed by atoms with E-state index in [-0.39, 0.29) is 0 Å². The molecule has 1 aliphatic rings. The second kappa shape index (κ2) is 5.19. The van der Waals surface area contributed by atoms with E-state index < -0.39 is 0 Å². The van der Waals surface area contributed by atoms with Gasteiger partial charge >= 0.3 is 0 Å². The van der Waals surface area contributed by atoms with Gasteiger partial charge in [-0.05, 0) is 18.6 Å². The van der Waals surface area contributed by atoms with Crippen molar-refractivity contribution in [3.8, 4) is 10.6 Å². The molecule has 0 amide bonds. The first-order valence-corrected chi connectivity index (χ1v) is 8.91. The van der Waals surface area contributed by atoms with Crippen LogP contribution in [0, 0.1) is 0 Å². The van der Waals surface area contributed by atoms with Crippen LogP contribution in [0.3, 0.4) is 0 Å². The Hall–Kier alpha value is -0.590. The van der Waals surface area contributed by atoms with Crippen molar-refractivity contribution in [2.45, 2.75) is 31.4 Å². The highest BCUT2D eigenvalue weighted by Gasteiger charge is 2.30. The van der Waals surface area contributed by atoms with Crippen molar-refractivity contribution in [3.63, 3.8) is 0 Å².